The molecule has 0 amide bonds. The number of rotatable bonds is 2. The van der Waals surface area contributed by atoms with Gasteiger partial charge in [-0.1, -0.05) is 11.3 Å². The van der Waals surface area contributed by atoms with Crippen LogP contribution in [0.5, 0.6) is 0 Å². The van der Waals surface area contributed by atoms with E-state index < -0.39 is 0 Å². The van der Waals surface area contributed by atoms with Crippen molar-refractivity contribution in [2.75, 3.05) is 0 Å². The molecule has 2 heterocycles. The van der Waals surface area contributed by atoms with Gasteiger partial charge < -0.3 is 0 Å². The molecule has 6 heteroatoms. The lowest BCUT2D eigenvalue weighted by molar-refractivity contribution is 0.649. The molecule has 0 unspecified atom stereocenters. The molecule has 2 aromatic rings. The highest BCUT2D eigenvalue weighted by Gasteiger charge is 2.03. The molecular weight excluding hydrogens is 206 g/mol. The fourth-order valence-corrected chi connectivity index (χ4v) is 2.13. The molecule has 68 valence electrons. The quantitative estimate of drug-likeness (QED) is 0.751. The predicted octanol–water partition coefficient (Wildman–Crippen LogP) is 1.12. The maximum Gasteiger partial charge on any atom is 0.325 e. The molecule has 0 aromatic carbocycles. The summed E-state index contributed by atoms with van der Waals surface area (Å²) in [6.07, 6.45) is 0. The minimum atomic E-state index is -0.0227. The summed E-state index contributed by atoms with van der Waals surface area (Å²) < 4.78 is 1.44. The summed E-state index contributed by atoms with van der Waals surface area (Å²) in [6.45, 7) is 2.30. The van der Waals surface area contributed by atoms with Gasteiger partial charge in [-0.25, -0.2) is 9.67 Å². The van der Waals surface area contributed by atoms with Gasteiger partial charge in [0.25, 0.3) is 0 Å². The maximum absolute atomic E-state index is 11.3. The molecule has 2 rings (SSSR count). The molecule has 0 aliphatic heterocycles. The lowest BCUT2D eigenvalue weighted by atomic mass is 10.5. The number of hydrogen-bond acceptors (Lipinski definition) is 5. The van der Waals surface area contributed by atoms with Crippen LogP contribution in [0.2, 0.25) is 0 Å². The van der Waals surface area contributed by atoms with Crippen LogP contribution in [0.3, 0.4) is 0 Å². The molecule has 13 heavy (non-hydrogen) atoms. The third-order valence-corrected chi connectivity index (χ3v) is 2.90. The van der Waals surface area contributed by atoms with Crippen LogP contribution in [0.15, 0.2) is 15.7 Å². The first kappa shape index (κ1) is 8.58. The Labute approximate surface area is 82.5 Å². The van der Waals surface area contributed by atoms with Gasteiger partial charge in [-0.15, -0.1) is 11.3 Å². The van der Waals surface area contributed by atoms with Crippen molar-refractivity contribution in [3.05, 3.63) is 31.3 Å². The van der Waals surface area contributed by atoms with Crippen molar-refractivity contribution >= 4 is 22.7 Å². The zero-order valence-electron chi connectivity index (χ0n) is 6.93. The van der Waals surface area contributed by atoms with Gasteiger partial charge in [-0.3, -0.25) is 4.79 Å². The summed E-state index contributed by atoms with van der Waals surface area (Å²) in [6, 6.07) is 0. The molecule has 0 N–H and O–H groups in total. The van der Waals surface area contributed by atoms with Crippen LogP contribution in [-0.4, -0.2) is 14.8 Å². The van der Waals surface area contributed by atoms with Crippen molar-refractivity contribution in [2.24, 2.45) is 0 Å². The van der Waals surface area contributed by atoms with Crippen LogP contribution < -0.4 is 4.87 Å². The SMILES string of the molecule is Cc1nn(Cc2cscn2)c(=O)s1. The average Bonchev–Trinajstić information content (AvgIpc) is 2.63. The van der Waals surface area contributed by atoms with Gasteiger partial charge in [-0.2, -0.15) is 5.10 Å². The smallest absolute Gasteiger partial charge is 0.255 e. The average molecular weight is 213 g/mol. The van der Waals surface area contributed by atoms with Crippen molar-refractivity contribution in [2.45, 2.75) is 13.5 Å². The van der Waals surface area contributed by atoms with E-state index in [1.54, 1.807) is 5.51 Å². The highest BCUT2D eigenvalue weighted by Crippen LogP contribution is 2.03. The summed E-state index contributed by atoms with van der Waals surface area (Å²) in [5.41, 5.74) is 2.64. The third-order valence-electron chi connectivity index (χ3n) is 1.50. The Bertz CT molecular complexity index is 443. The fraction of sp³-hybridized carbons (Fsp3) is 0.286. The zero-order chi connectivity index (χ0) is 9.26. The van der Waals surface area contributed by atoms with Crippen molar-refractivity contribution in [1.29, 1.82) is 0 Å². The molecule has 0 aliphatic rings. The van der Waals surface area contributed by atoms with Gasteiger partial charge in [0.15, 0.2) is 0 Å². The molecule has 0 bridgehead atoms. The second-order valence-electron chi connectivity index (χ2n) is 2.52. The summed E-state index contributed by atoms with van der Waals surface area (Å²) in [5.74, 6) is 0. The predicted molar refractivity (Wildman–Crippen MR) is 52.3 cm³/mol. The van der Waals surface area contributed by atoms with Crippen LogP contribution in [0.1, 0.15) is 10.7 Å². The number of thiazole rings is 1. The standard InChI is InChI=1S/C7H7N3OS2/c1-5-9-10(7(11)13-5)2-6-3-12-4-8-6/h3-4H,2H2,1H3. The van der Waals surface area contributed by atoms with Crippen molar-refractivity contribution in [3.8, 4) is 0 Å². The van der Waals surface area contributed by atoms with Gasteiger partial charge >= 0.3 is 4.87 Å². The Hall–Kier alpha value is -1.01. The lowest BCUT2D eigenvalue weighted by Gasteiger charge is -1.93. The van der Waals surface area contributed by atoms with Crippen LogP contribution in [0.25, 0.3) is 0 Å². The largest absolute Gasteiger partial charge is 0.325 e. The van der Waals surface area contributed by atoms with Crippen LogP contribution in [0.4, 0.5) is 0 Å². The second kappa shape index (κ2) is 3.39. The molecule has 0 saturated carbocycles. The Morgan fingerprint density at radius 2 is 2.46 bits per heavy atom. The van der Waals surface area contributed by atoms with Gasteiger partial charge in [0.05, 0.1) is 17.7 Å². The monoisotopic (exact) mass is 213 g/mol. The molecule has 0 radical (unpaired) electrons. The Kier molecular flexibility index (Phi) is 2.24. The Morgan fingerprint density at radius 3 is 3.00 bits per heavy atom. The van der Waals surface area contributed by atoms with E-state index in [2.05, 4.69) is 10.1 Å². The molecule has 2 aromatic heterocycles. The van der Waals surface area contributed by atoms with Gasteiger partial charge in [-0.05, 0) is 6.92 Å². The van der Waals surface area contributed by atoms with E-state index >= 15 is 0 Å². The second-order valence-corrected chi connectivity index (χ2v) is 4.39. The normalized spacial score (nSPS) is 10.5. The molecule has 0 atom stereocenters. The van der Waals surface area contributed by atoms with E-state index in [1.807, 2.05) is 12.3 Å². The summed E-state index contributed by atoms with van der Waals surface area (Å²) >= 11 is 2.68. The highest BCUT2D eigenvalue weighted by molar-refractivity contribution is 7.08. The van der Waals surface area contributed by atoms with E-state index in [0.717, 1.165) is 22.0 Å². The van der Waals surface area contributed by atoms with Gasteiger partial charge in [0.1, 0.15) is 5.01 Å². The summed E-state index contributed by atoms with van der Waals surface area (Å²) in [5, 5.41) is 6.78. The van der Waals surface area contributed by atoms with E-state index in [9.17, 15) is 4.79 Å². The molecule has 0 saturated heterocycles. The number of hydrogen-bond donors (Lipinski definition) is 0. The fourth-order valence-electron chi connectivity index (χ4n) is 0.979. The lowest BCUT2D eigenvalue weighted by Crippen LogP contribution is -2.15. The molecule has 4 nitrogen and oxygen atoms in total. The van der Waals surface area contributed by atoms with Gasteiger partial charge in [0.2, 0.25) is 0 Å². The molecule has 0 aliphatic carbocycles. The van der Waals surface area contributed by atoms with Crippen molar-refractivity contribution in [1.82, 2.24) is 14.8 Å². The van der Waals surface area contributed by atoms with Crippen molar-refractivity contribution in [3.63, 3.8) is 0 Å². The Balaban J connectivity index is 2.28. The minimum Gasteiger partial charge on any atom is -0.255 e. The van der Waals surface area contributed by atoms with E-state index in [-0.39, 0.29) is 4.87 Å². The summed E-state index contributed by atoms with van der Waals surface area (Å²) in [7, 11) is 0. The topological polar surface area (TPSA) is 47.8 Å². The molecular formula is C7H7N3OS2. The van der Waals surface area contributed by atoms with E-state index in [0.29, 0.717) is 6.54 Å². The Morgan fingerprint density at radius 1 is 1.62 bits per heavy atom. The molecule has 0 fully saturated rings. The zero-order valence-corrected chi connectivity index (χ0v) is 8.56. The number of aryl methyl sites for hydroxylation is 1. The third kappa shape index (κ3) is 1.84. The molecule has 0 spiro atoms. The van der Waals surface area contributed by atoms with Crippen molar-refractivity contribution < 1.29 is 0 Å². The highest BCUT2D eigenvalue weighted by atomic mass is 32.1. The minimum absolute atomic E-state index is 0.0227. The van der Waals surface area contributed by atoms with Gasteiger partial charge in [0, 0.05) is 5.38 Å². The van der Waals surface area contributed by atoms with Crippen LogP contribution >= 0.6 is 22.7 Å². The number of aromatic nitrogens is 3. The van der Waals surface area contributed by atoms with E-state index in [4.69, 9.17) is 0 Å². The van der Waals surface area contributed by atoms with Crippen LogP contribution in [-0.2, 0) is 6.54 Å². The summed E-state index contributed by atoms with van der Waals surface area (Å²) in [4.78, 5) is 15.3. The number of nitrogens with zero attached hydrogens (tertiary/aromatic N) is 3. The van der Waals surface area contributed by atoms with Crippen LogP contribution in [0, 0.1) is 6.92 Å². The first-order valence-corrected chi connectivity index (χ1v) is 5.43. The maximum atomic E-state index is 11.3. The first-order valence-electron chi connectivity index (χ1n) is 3.67. The first-order chi connectivity index (χ1) is 6.25. The van der Waals surface area contributed by atoms with E-state index in [1.165, 1.54) is 16.0 Å².